The number of carbonyl (C=O) groups is 1. The molecule has 0 aromatic heterocycles. The van der Waals surface area contributed by atoms with Gasteiger partial charge in [-0.05, 0) is 38.3 Å². The summed E-state index contributed by atoms with van der Waals surface area (Å²) in [5.41, 5.74) is 1.76. The number of hydrogen-bond acceptors (Lipinski definition) is 3. The highest BCUT2D eigenvalue weighted by Gasteiger charge is 2.09. The Bertz CT molecular complexity index is 363. The molecule has 3 nitrogen and oxygen atoms in total. The standard InChI is InChI=1S/C14H21NO2/c1-12(17)13-8-4-5-9-14(13)15(2)10-6-3-7-11-16/h4-5,8-9,16H,3,6-7,10-11H2,1-2H3. The molecule has 0 atom stereocenters. The molecule has 0 aliphatic heterocycles. The number of unbranched alkanes of at least 4 members (excludes halogenated alkanes) is 2. The van der Waals surface area contributed by atoms with E-state index in [9.17, 15) is 4.79 Å². The van der Waals surface area contributed by atoms with Crippen LogP contribution in [0.3, 0.4) is 0 Å². The average Bonchev–Trinajstić information content (AvgIpc) is 2.34. The summed E-state index contributed by atoms with van der Waals surface area (Å²) >= 11 is 0. The largest absolute Gasteiger partial charge is 0.396 e. The zero-order chi connectivity index (χ0) is 12.7. The molecule has 0 amide bonds. The predicted octanol–water partition coefficient (Wildman–Crippen LogP) is 2.49. The first-order chi connectivity index (χ1) is 8.16. The van der Waals surface area contributed by atoms with E-state index in [1.807, 2.05) is 31.3 Å². The SMILES string of the molecule is CC(=O)c1ccccc1N(C)CCCCCO. The smallest absolute Gasteiger partial charge is 0.161 e. The van der Waals surface area contributed by atoms with E-state index < -0.39 is 0 Å². The van der Waals surface area contributed by atoms with Crippen LogP contribution in [0.4, 0.5) is 5.69 Å². The van der Waals surface area contributed by atoms with Gasteiger partial charge in [0, 0.05) is 31.5 Å². The van der Waals surface area contributed by atoms with E-state index in [0.717, 1.165) is 37.1 Å². The lowest BCUT2D eigenvalue weighted by Crippen LogP contribution is -2.20. The summed E-state index contributed by atoms with van der Waals surface area (Å²) in [5, 5.41) is 8.71. The molecule has 1 N–H and O–H groups in total. The highest BCUT2D eigenvalue weighted by Crippen LogP contribution is 2.20. The lowest BCUT2D eigenvalue weighted by Gasteiger charge is -2.21. The number of para-hydroxylation sites is 1. The summed E-state index contributed by atoms with van der Waals surface area (Å²) in [6.07, 6.45) is 2.90. The van der Waals surface area contributed by atoms with Crippen LogP contribution in [-0.4, -0.2) is 31.1 Å². The number of hydrogen-bond donors (Lipinski definition) is 1. The second kappa shape index (κ2) is 7.07. The van der Waals surface area contributed by atoms with Gasteiger partial charge in [0.05, 0.1) is 0 Å². The van der Waals surface area contributed by atoms with E-state index in [1.165, 1.54) is 0 Å². The van der Waals surface area contributed by atoms with Gasteiger partial charge in [-0.3, -0.25) is 4.79 Å². The van der Waals surface area contributed by atoms with Gasteiger partial charge in [0.25, 0.3) is 0 Å². The molecule has 0 saturated heterocycles. The molecule has 0 fully saturated rings. The Morgan fingerprint density at radius 2 is 1.94 bits per heavy atom. The third-order valence-corrected chi connectivity index (χ3v) is 2.85. The number of Topliss-reactive ketones (excluding diaryl/α,β-unsaturated/α-hetero) is 1. The van der Waals surface area contributed by atoms with Crippen molar-refractivity contribution in [3.63, 3.8) is 0 Å². The molecule has 94 valence electrons. The minimum atomic E-state index is 0.0998. The number of aliphatic hydroxyl groups is 1. The second-order valence-corrected chi connectivity index (χ2v) is 4.28. The summed E-state index contributed by atoms with van der Waals surface area (Å²) in [7, 11) is 2.00. The molecule has 0 saturated carbocycles. The highest BCUT2D eigenvalue weighted by molar-refractivity contribution is 5.99. The summed E-state index contributed by atoms with van der Waals surface area (Å²) in [6, 6.07) is 7.68. The molecule has 0 aliphatic rings. The molecule has 0 spiro atoms. The number of nitrogens with zero attached hydrogens (tertiary/aromatic N) is 1. The van der Waals surface area contributed by atoms with E-state index in [0.29, 0.717) is 0 Å². The van der Waals surface area contributed by atoms with Crippen LogP contribution in [0.2, 0.25) is 0 Å². The van der Waals surface area contributed by atoms with Crippen LogP contribution in [0.1, 0.15) is 36.5 Å². The Morgan fingerprint density at radius 1 is 1.24 bits per heavy atom. The first-order valence-corrected chi connectivity index (χ1v) is 6.08. The van der Waals surface area contributed by atoms with Gasteiger partial charge in [-0.1, -0.05) is 12.1 Å². The minimum Gasteiger partial charge on any atom is -0.396 e. The van der Waals surface area contributed by atoms with E-state index in [2.05, 4.69) is 4.90 Å². The third kappa shape index (κ3) is 4.19. The Labute approximate surface area is 103 Å². The fraction of sp³-hybridized carbons (Fsp3) is 0.500. The van der Waals surface area contributed by atoms with E-state index >= 15 is 0 Å². The molecule has 3 heteroatoms. The van der Waals surface area contributed by atoms with Crippen LogP contribution in [0.5, 0.6) is 0 Å². The van der Waals surface area contributed by atoms with E-state index in [1.54, 1.807) is 6.92 Å². The molecule has 1 aromatic carbocycles. The van der Waals surface area contributed by atoms with Crippen molar-refractivity contribution in [2.24, 2.45) is 0 Å². The normalized spacial score (nSPS) is 10.3. The summed E-state index contributed by atoms with van der Waals surface area (Å²) < 4.78 is 0. The topological polar surface area (TPSA) is 40.5 Å². The number of carbonyl (C=O) groups excluding carboxylic acids is 1. The van der Waals surface area contributed by atoms with Gasteiger partial charge in [0.1, 0.15) is 0 Å². The van der Waals surface area contributed by atoms with Crippen molar-refractivity contribution in [3.05, 3.63) is 29.8 Å². The fourth-order valence-electron chi connectivity index (χ4n) is 1.86. The van der Waals surface area contributed by atoms with Crippen molar-refractivity contribution >= 4 is 11.5 Å². The molecule has 17 heavy (non-hydrogen) atoms. The monoisotopic (exact) mass is 235 g/mol. The molecule has 0 radical (unpaired) electrons. The molecular formula is C14H21NO2. The number of aliphatic hydroxyl groups excluding tert-OH is 1. The van der Waals surface area contributed by atoms with Gasteiger partial charge in [0.15, 0.2) is 5.78 Å². The highest BCUT2D eigenvalue weighted by atomic mass is 16.2. The molecule has 0 aliphatic carbocycles. The molecule has 0 unspecified atom stereocenters. The molecule has 0 heterocycles. The zero-order valence-corrected chi connectivity index (χ0v) is 10.6. The zero-order valence-electron chi connectivity index (χ0n) is 10.6. The van der Waals surface area contributed by atoms with Crippen molar-refractivity contribution in [1.82, 2.24) is 0 Å². The van der Waals surface area contributed by atoms with Crippen LogP contribution >= 0.6 is 0 Å². The van der Waals surface area contributed by atoms with Crippen molar-refractivity contribution in [2.45, 2.75) is 26.2 Å². The molecule has 1 rings (SSSR count). The van der Waals surface area contributed by atoms with Crippen LogP contribution in [-0.2, 0) is 0 Å². The summed E-state index contributed by atoms with van der Waals surface area (Å²) in [5.74, 6) is 0.0998. The summed E-state index contributed by atoms with van der Waals surface area (Å²) in [6.45, 7) is 2.76. The maximum atomic E-state index is 11.5. The van der Waals surface area contributed by atoms with Crippen LogP contribution < -0.4 is 4.90 Å². The van der Waals surface area contributed by atoms with Crippen molar-refractivity contribution < 1.29 is 9.90 Å². The van der Waals surface area contributed by atoms with Gasteiger partial charge in [-0.25, -0.2) is 0 Å². The van der Waals surface area contributed by atoms with Gasteiger partial charge in [0.2, 0.25) is 0 Å². The van der Waals surface area contributed by atoms with Crippen LogP contribution in [0.15, 0.2) is 24.3 Å². The maximum absolute atomic E-state index is 11.5. The maximum Gasteiger partial charge on any atom is 0.161 e. The number of anilines is 1. The third-order valence-electron chi connectivity index (χ3n) is 2.85. The lowest BCUT2D eigenvalue weighted by molar-refractivity contribution is 0.101. The fourth-order valence-corrected chi connectivity index (χ4v) is 1.86. The molecule has 0 bridgehead atoms. The van der Waals surface area contributed by atoms with Gasteiger partial charge in [-0.2, -0.15) is 0 Å². The minimum absolute atomic E-state index is 0.0998. The lowest BCUT2D eigenvalue weighted by atomic mass is 10.1. The van der Waals surface area contributed by atoms with Gasteiger partial charge < -0.3 is 10.0 Å². The quantitative estimate of drug-likeness (QED) is 0.583. The molecule has 1 aromatic rings. The summed E-state index contributed by atoms with van der Waals surface area (Å²) in [4.78, 5) is 13.6. The number of benzene rings is 1. The molecular weight excluding hydrogens is 214 g/mol. The second-order valence-electron chi connectivity index (χ2n) is 4.28. The van der Waals surface area contributed by atoms with Crippen LogP contribution in [0.25, 0.3) is 0 Å². The Morgan fingerprint density at radius 3 is 2.59 bits per heavy atom. The number of rotatable bonds is 7. The Balaban J connectivity index is 2.62. The van der Waals surface area contributed by atoms with Crippen LogP contribution in [0, 0.1) is 0 Å². The predicted molar refractivity (Wildman–Crippen MR) is 70.7 cm³/mol. The van der Waals surface area contributed by atoms with E-state index in [4.69, 9.17) is 5.11 Å². The van der Waals surface area contributed by atoms with Gasteiger partial charge >= 0.3 is 0 Å². The van der Waals surface area contributed by atoms with Crippen molar-refractivity contribution in [1.29, 1.82) is 0 Å². The van der Waals surface area contributed by atoms with E-state index in [-0.39, 0.29) is 12.4 Å². The first-order valence-electron chi connectivity index (χ1n) is 6.08. The Kier molecular flexibility index (Phi) is 5.70. The van der Waals surface area contributed by atoms with Crippen molar-refractivity contribution in [3.8, 4) is 0 Å². The average molecular weight is 235 g/mol. The van der Waals surface area contributed by atoms with Crippen molar-refractivity contribution in [2.75, 3.05) is 25.1 Å². The first kappa shape index (κ1) is 13.7. The number of ketones is 1. The van der Waals surface area contributed by atoms with Gasteiger partial charge in [-0.15, -0.1) is 0 Å². The Hall–Kier alpha value is -1.35.